The number of thiol groups is 1. The lowest BCUT2D eigenvalue weighted by molar-refractivity contribution is 0.257. The van der Waals surface area contributed by atoms with E-state index in [9.17, 15) is 4.79 Å². The third-order valence-electron chi connectivity index (χ3n) is 1.76. The van der Waals surface area contributed by atoms with Crippen LogP contribution < -0.4 is 10.0 Å². The Hall–Kier alpha value is -1.16. The predicted molar refractivity (Wildman–Crippen MR) is 56.8 cm³/mol. The Bertz CT molecular complexity index is 325. The highest BCUT2D eigenvalue weighted by Gasteiger charge is 2.03. The van der Waals surface area contributed by atoms with E-state index in [1.54, 1.807) is 6.07 Å². The van der Waals surface area contributed by atoms with Crippen molar-refractivity contribution in [1.29, 1.82) is 0 Å². The highest BCUT2D eigenvalue weighted by molar-refractivity contribution is 7.78. The third kappa shape index (κ3) is 2.39. The standard InChI is InChI=1S/C9H11N2OS/c1-6-4-3-5-8(7(6)2)10-9(12)11-13/h3-5,13H,2H2,1H3,(H2,10,11,12). The number of carbonyl (C=O) groups excluding carboxylic acids is 1. The van der Waals surface area contributed by atoms with Crippen LogP contribution in [0.1, 0.15) is 11.1 Å². The lowest BCUT2D eigenvalue weighted by Crippen LogP contribution is -2.20. The first-order chi connectivity index (χ1) is 6.15. The van der Waals surface area contributed by atoms with Crippen LogP contribution in [0.2, 0.25) is 0 Å². The Morgan fingerprint density at radius 3 is 2.85 bits per heavy atom. The molecule has 0 aromatic heterocycles. The van der Waals surface area contributed by atoms with E-state index in [1.807, 2.05) is 19.1 Å². The highest BCUT2D eigenvalue weighted by Crippen LogP contribution is 2.17. The van der Waals surface area contributed by atoms with Crippen molar-refractivity contribution in [2.45, 2.75) is 6.92 Å². The smallest absolute Gasteiger partial charge is 0.307 e. The van der Waals surface area contributed by atoms with E-state index in [0.717, 1.165) is 11.1 Å². The maximum atomic E-state index is 10.9. The van der Waals surface area contributed by atoms with Gasteiger partial charge in [0.05, 0.1) is 0 Å². The number of urea groups is 1. The van der Waals surface area contributed by atoms with E-state index in [2.05, 4.69) is 29.8 Å². The molecule has 2 amide bonds. The summed E-state index contributed by atoms with van der Waals surface area (Å²) < 4.78 is 2.18. The second kappa shape index (κ2) is 4.18. The van der Waals surface area contributed by atoms with Gasteiger partial charge in [0.25, 0.3) is 0 Å². The number of carbonyl (C=O) groups is 1. The molecule has 1 rings (SSSR count). The molecule has 1 aromatic rings. The van der Waals surface area contributed by atoms with Crippen LogP contribution in [-0.4, -0.2) is 6.03 Å². The lowest BCUT2D eigenvalue weighted by atomic mass is 10.1. The van der Waals surface area contributed by atoms with Crippen LogP contribution in [0.25, 0.3) is 0 Å². The van der Waals surface area contributed by atoms with Crippen LogP contribution in [0.3, 0.4) is 0 Å². The second-order valence-electron chi connectivity index (χ2n) is 2.67. The van der Waals surface area contributed by atoms with Crippen LogP contribution in [0.4, 0.5) is 10.5 Å². The van der Waals surface area contributed by atoms with Gasteiger partial charge in [0.1, 0.15) is 0 Å². The third-order valence-corrected chi connectivity index (χ3v) is 1.96. The summed E-state index contributed by atoms with van der Waals surface area (Å²) in [6, 6.07) is 5.22. The maximum Gasteiger partial charge on any atom is 0.329 e. The number of hydrogen-bond donors (Lipinski definition) is 3. The first-order valence-electron chi connectivity index (χ1n) is 3.78. The van der Waals surface area contributed by atoms with Gasteiger partial charge in [0.15, 0.2) is 0 Å². The first kappa shape index (κ1) is 9.92. The minimum absolute atomic E-state index is 0.362. The van der Waals surface area contributed by atoms with Crippen molar-refractivity contribution in [3.05, 3.63) is 36.2 Å². The van der Waals surface area contributed by atoms with Gasteiger partial charge in [0.2, 0.25) is 0 Å². The summed E-state index contributed by atoms with van der Waals surface area (Å²) in [6.45, 7) is 5.78. The zero-order valence-electron chi connectivity index (χ0n) is 7.29. The van der Waals surface area contributed by atoms with E-state index >= 15 is 0 Å². The summed E-state index contributed by atoms with van der Waals surface area (Å²) in [6.07, 6.45) is 0. The van der Waals surface area contributed by atoms with Crippen molar-refractivity contribution < 1.29 is 4.79 Å². The zero-order valence-corrected chi connectivity index (χ0v) is 8.19. The van der Waals surface area contributed by atoms with Crippen molar-refractivity contribution in [1.82, 2.24) is 4.72 Å². The largest absolute Gasteiger partial charge is 0.329 e. The molecule has 0 atom stereocenters. The van der Waals surface area contributed by atoms with Crippen molar-refractivity contribution in [3.8, 4) is 0 Å². The topological polar surface area (TPSA) is 41.1 Å². The molecule has 13 heavy (non-hydrogen) atoms. The average Bonchev–Trinajstić information content (AvgIpc) is 2.13. The summed E-state index contributed by atoms with van der Waals surface area (Å²) in [5.41, 5.74) is 2.56. The molecular weight excluding hydrogens is 184 g/mol. The number of amides is 2. The summed E-state index contributed by atoms with van der Waals surface area (Å²) in [5, 5.41) is 2.61. The van der Waals surface area contributed by atoms with Crippen molar-refractivity contribution in [2.75, 3.05) is 5.32 Å². The molecule has 4 heteroatoms. The molecule has 0 aliphatic heterocycles. The number of benzene rings is 1. The molecular formula is C9H11N2OS. The summed E-state index contributed by atoms with van der Waals surface area (Å²) in [5.74, 6) is 0. The molecule has 0 aliphatic rings. The van der Waals surface area contributed by atoms with Crippen molar-refractivity contribution in [3.63, 3.8) is 0 Å². The van der Waals surface area contributed by atoms with Crippen LogP contribution in [0, 0.1) is 13.8 Å². The van der Waals surface area contributed by atoms with Crippen molar-refractivity contribution in [2.24, 2.45) is 0 Å². The number of anilines is 1. The molecule has 1 aromatic carbocycles. The quantitative estimate of drug-likeness (QED) is 0.590. The van der Waals surface area contributed by atoms with E-state index in [0.29, 0.717) is 5.69 Å². The Labute approximate surface area is 83.1 Å². The van der Waals surface area contributed by atoms with Gasteiger partial charge in [0, 0.05) is 5.69 Å². The Balaban J connectivity index is 2.89. The minimum Gasteiger partial charge on any atom is -0.307 e. The van der Waals surface area contributed by atoms with Gasteiger partial charge in [-0.05, 0) is 31.0 Å². The Morgan fingerprint density at radius 1 is 1.54 bits per heavy atom. The maximum absolute atomic E-state index is 10.9. The van der Waals surface area contributed by atoms with E-state index in [1.165, 1.54) is 0 Å². The van der Waals surface area contributed by atoms with Gasteiger partial charge in [-0.1, -0.05) is 24.9 Å². The number of rotatable bonds is 1. The minimum atomic E-state index is -0.362. The average molecular weight is 195 g/mol. The van der Waals surface area contributed by atoms with Crippen LogP contribution >= 0.6 is 12.8 Å². The van der Waals surface area contributed by atoms with Gasteiger partial charge in [-0.2, -0.15) is 0 Å². The van der Waals surface area contributed by atoms with Crippen LogP contribution in [0.5, 0.6) is 0 Å². The first-order valence-corrected chi connectivity index (χ1v) is 4.22. The van der Waals surface area contributed by atoms with Crippen molar-refractivity contribution >= 4 is 24.5 Å². The molecule has 0 aliphatic carbocycles. The van der Waals surface area contributed by atoms with Gasteiger partial charge in [-0.25, -0.2) is 4.79 Å². The summed E-state index contributed by atoms with van der Waals surface area (Å²) in [4.78, 5) is 10.9. The normalized spacial score (nSPS) is 9.46. The van der Waals surface area contributed by atoms with E-state index < -0.39 is 0 Å². The molecule has 1 radical (unpaired) electrons. The molecule has 69 valence electrons. The lowest BCUT2D eigenvalue weighted by Gasteiger charge is -2.08. The fourth-order valence-electron chi connectivity index (χ4n) is 0.970. The monoisotopic (exact) mass is 195 g/mol. The number of hydrogen-bond acceptors (Lipinski definition) is 2. The summed E-state index contributed by atoms with van der Waals surface area (Å²) >= 11 is 3.62. The molecule has 0 spiro atoms. The molecule has 0 saturated heterocycles. The molecule has 0 saturated carbocycles. The van der Waals surface area contributed by atoms with Gasteiger partial charge >= 0.3 is 6.03 Å². The van der Waals surface area contributed by atoms with Gasteiger partial charge < -0.3 is 5.32 Å². The number of nitrogens with one attached hydrogen (secondary N) is 2. The fourth-order valence-corrected chi connectivity index (χ4v) is 1.03. The molecule has 3 nitrogen and oxygen atoms in total. The molecule has 0 unspecified atom stereocenters. The fraction of sp³-hybridized carbons (Fsp3) is 0.111. The Morgan fingerprint density at radius 2 is 2.23 bits per heavy atom. The highest BCUT2D eigenvalue weighted by atomic mass is 32.1. The second-order valence-corrected chi connectivity index (χ2v) is 2.89. The van der Waals surface area contributed by atoms with E-state index in [-0.39, 0.29) is 6.03 Å². The molecule has 0 bridgehead atoms. The SMILES string of the molecule is [CH2]c1c(C)cccc1NC(=O)NS. The van der Waals surface area contributed by atoms with E-state index in [4.69, 9.17) is 0 Å². The van der Waals surface area contributed by atoms with Crippen LogP contribution in [-0.2, 0) is 0 Å². The molecule has 2 N–H and O–H groups in total. The molecule has 0 fully saturated rings. The number of aryl methyl sites for hydroxylation is 1. The predicted octanol–water partition coefficient (Wildman–Crippen LogP) is 2.14. The van der Waals surface area contributed by atoms with Gasteiger partial charge in [-0.3, -0.25) is 4.72 Å². The van der Waals surface area contributed by atoms with Crippen LogP contribution in [0.15, 0.2) is 18.2 Å². The van der Waals surface area contributed by atoms with Gasteiger partial charge in [-0.15, -0.1) is 0 Å². The molecule has 0 heterocycles. The Kier molecular flexibility index (Phi) is 3.19. The summed E-state index contributed by atoms with van der Waals surface area (Å²) in [7, 11) is 0. The zero-order chi connectivity index (χ0) is 9.84.